The molecule has 3 saturated carbocycles. The van der Waals surface area contributed by atoms with E-state index in [-0.39, 0.29) is 11.8 Å². The molecule has 22 heavy (non-hydrogen) atoms. The van der Waals surface area contributed by atoms with Crippen LogP contribution in [0, 0.1) is 11.8 Å². The van der Waals surface area contributed by atoms with Gasteiger partial charge in [0.25, 0.3) is 0 Å². The topological polar surface area (TPSA) is 40.6 Å². The van der Waals surface area contributed by atoms with Crippen LogP contribution in [0.25, 0.3) is 0 Å². The molecule has 4 heteroatoms. The minimum atomic E-state index is -0.0620. The number of amides is 2. The molecule has 0 unspecified atom stereocenters. The van der Waals surface area contributed by atoms with E-state index in [2.05, 4.69) is 11.8 Å². The summed E-state index contributed by atoms with van der Waals surface area (Å²) in [5, 5.41) is 0. The van der Waals surface area contributed by atoms with Gasteiger partial charge in [-0.05, 0) is 57.3 Å². The van der Waals surface area contributed by atoms with Gasteiger partial charge >= 0.3 is 0 Å². The van der Waals surface area contributed by atoms with Crippen molar-refractivity contribution in [2.45, 2.75) is 82.8 Å². The summed E-state index contributed by atoms with van der Waals surface area (Å²) in [4.78, 5) is 29.4. The second kappa shape index (κ2) is 5.54. The van der Waals surface area contributed by atoms with E-state index >= 15 is 0 Å². The number of carbonyl (C=O) groups excluding carboxylic acids is 2. The average molecular weight is 304 g/mol. The molecule has 2 amide bonds. The van der Waals surface area contributed by atoms with E-state index in [4.69, 9.17) is 0 Å². The fraction of sp³-hybridized carbons (Fsp3) is 0.889. The maximum absolute atomic E-state index is 13.1. The number of carbonyl (C=O) groups is 2. The molecule has 0 aromatic heterocycles. The SMILES string of the molecule is CC1CCC(N(C(=O)[C@H]2CC(=O)N(C3CC3)C2)C2CC2)CC1. The molecule has 122 valence electrons. The normalized spacial score (nSPS) is 35.8. The first-order chi connectivity index (χ1) is 10.6. The maximum atomic E-state index is 13.1. The fourth-order valence-corrected chi connectivity index (χ4v) is 4.38. The predicted molar refractivity (Wildman–Crippen MR) is 84.1 cm³/mol. The third-order valence-electron chi connectivity index (χ3n) is 6.07. The van der Waals surface area contributed by atoms with Gasteiger partial charge in [0.15, 0.2) is 0 Å². The summed E-state index contributed by atoms with van der Waals surface area (Å²) >= 11 is 0. The van der Waals surface area contributed by atoms with Crippen molar-refractivity contribution < 1.29 is 9.59 Å². The van der Waals surface area contributed by atoms with Crippen molar-refractivity contribution in [1.82, 2.24) is 9.80 Å². The molecule has 4 nitrogen and oxygen atoms in total. The Kier molecular flexibility index (Phi) is 3.66. The first kappa shape index (κ1) is 14.5. The van der Waals surface area contributed by atoms with Crippen LogP contribution in [0.4, 0.5) is 0 Å². The maximum Gasteiger partial charge on any atom is 0.228 e. The molecule has 0 radical (unpaired) electrons. The zero-order chi connectivity index (χ0) is 15.3. The van der Waals surface area contributed by atoms with Crippen LogP contribution >= 0.6 is 0 Å². The van der Waals surface area contributed by atoms with Gasteiger partial charge in [-0.3, -0.25) is 9.59 Å². The van der Waals surface area contributed by atoms with Crippen LogP contribution < -0.4 is 0 Å². The highest BCUT2D eigenvalue weighted by molar-refractivity contribution is 5.90. The van der Waals surface area contributed by atoms with Crippen molar-refractivity contribution in [3.8, 4) is 0 Å². The Morgan fingerprint density at radius 1 is 1.00 bits per heavy atom. The van der Waals surface area contributed by atoms with Crippen molar-refractivity contribution in [2.75, 3.05) is 6.54 Å². The molecule has 4 fully saturated rings. The van der Waals surface area contributed by atoms with Gasteiger partial charge in [0.05, 0.1) is 5.92 Å². The van der Waals surface area contributed by atoms with Crippen molar-refractivity contribution in [3.05, 3.63) is 0 Å². The molecular weight excluding hydrogens is 276 g/mol. The van der Waals surface area contributed by atoms with Crippen molar-refractivity contribution in [3.63, 3.8) is 0 Å². The third-order valence-corrected chi connectivity index (χ3v) is 6.07. The summed E-state index contributed by atoms with van der Waals surface area (Å²) in [6, 6.07) is 1.38. The van der Waals surface area contributed by atoms with E-state index < -0.39 is 0 Å². The third kappa shape index (κ3) is 2.77. The molecule has 0 N–H and O–H groups in total. The molecule has 3 aliphatic carbocycles. The summed E-state index contributed by atoms with van der Waals surface area (Å²) < 4.78 is 0. The number of hydrogen-bond donors (Lipinski definition) is 0. The molecule has 1 atom stereocenters. The van der Waals surface area contributed by atoms with Crippen molar-refractivity contribution in [1.29, 1.82) is 0 Å². The molecule has 4 aliphatic rings. The standard InChI is InChI=1S/C18H28N2O2/c1-12-2-4-15(5-3-12)20(16-8-9-16)18(22)13-10-17(21)19(11-13)14-6-7-14/h12-16H,2-11H2,1H3/t12?,13-,15?/m0/s1. The molecule has 0 bridgehead atoms. The fourth-order valence-electron chi connectivity index (χ4n) is 4.38. The Morgan fingerprint density at radius 3 is 2.14 bits per heavy atom. The van der Waals surface area contributed by atoms with Gasteiger partial charge < -0.3 is 9.80 Å². The molecule has 0 aromatic carbocycles. The summed E-state index contributed by atoms with van der Waals surface area (Å²) in [6.45, 7) is 3.01. The highest BCUT2D eigenvalue weighted by Gasteiger charge is 2.46. The summed E-state index contributed by atoms with van der Waals surface area (Å²) in [7, 11) is 0. The van der Waals surface area contributed by atoms with E-state index in [1.54, 1.807) is 0 Å². The Balaban J connectivity index is 1.43. The lowest BCUT2D eigenvalue weighted by molar-refractivity contribution is -0.139. The van der Waals surface area contributed by atoms with Crippen molar-refractivity contribution in [2.24, 2.45) is 11.8 Å². The summed E-state index contributed by atoms with van der Waals surface area (Å²) in [6.07, 6.45) is 9.90. The van der Waals surface area contributed by atoms with Gasteiger partial charge in [0.2, 0.25) is 11.8 Å². The van der Waals surface area contributed by atoms with Gasteiger partial charge in [0, 0.05) is 31.1 Å². The molecule has 0 spiro atoms. The van der Waals surface area contributed by atoms with Gasteiger partial charge in [-0.15, -0.1) is 0 Å². The second-order valence-electron chi connectivity index (χ2n) is 8.07. The quantitative estimate of drug-likeness (QED) is 0.801. The van der Waals surface area contributed by atoms with Gasteiger partial charge in [-0.2, -0.15) is 0 Å². The van der Waals surface area contributed by atoms with E-state index in [0.29, 0.717) is 37.0 Å². The lowest BCUT2D eigenvalue weighted by atomic mass is 9.86. The highest BCUT2D eigenvalue weighted by Crippen LogP contribution is 2.39. The van der Waals surface area contributed by atoms with E-state index in [0.717, 1.165) is 31.6 Å². The Hall–Kier alpha value is -1.06. The molecular formula is C18H28N2O2. The number of rotatable bonds is 4. The Morgan fingerprint density at radius 2 is 1.59 bits per heavy atom. The zero-order valence-electron chi connectivity index (χ0n) is 13.7. The largest absolute Gasteiger partial charge is 0.339 e. The number of hydrogen-bond acceptors (Lipinski definition) is 2. The monoisotopic (exact) mass is 304 g/mol. The van der Waals surface area contributed by atoms with Crippen molar-refractivity contribution >= 4 is 11.8 Å². The van der Waals surface area contributed by atoms with Gasteiger partial charge in [-0.1, -0.05) is 6.92 Å². The molecule has 1 heterocycles. The average Bonchev–Trinajstić information content (AvgIpc) is 3.41. The first-order valence-corrected chi connectivity index (χ1v) is 9.25. The molecule has 1 saturated heterocycles. The Labute approximate surface area is 133 Å². The van der Waals surface area contributed by atoms with E-state index in [1.807, 2.05) is 4.90 Å². The van der Waals surface area contributed by atoms with Crippen LogP contribution in [-0.2, 0) is 9.59 Å². The summed E-state index contributed by atoms with van der Waals surface area (Å²) in [5.74, 6) is 1.26. The second-order valence-corrected chi connectivity index (χ2v) is 8.07. The van der Waals surface area contributed by atoms with E-state index in [9.17, 15) is 9.59 Å². The lowest BCUT2D eigenvalue weighted by Crippen LogP contribution is -2.47. The van der Waals surface area contributed by atoms with E-state index in [1.165, 1.54) is 25.7 Å². The zero-order valence-corrected chi connectivity index (χ0v) is 13.7. The lowest BCUT2D eigenvalue weighted by Gasteiger charge is -2.37. The van der Waals surface area contributed by atoms with Crippen LogP contribution in [0.3, 0.4) is 0 Å². The van der Waals surface area contributed by atoms with Gasteiger partial charge in [-0.25, -0.2) is 0 Å². The summed E-state index contributed by atoms with van der Waals surface area (Å²) in [5.41, 5.74) is 0. The highest BCUT2D eigenvalue weighted by atomic mass is 16.2. The van der Waals surface area contributed by atoms with Crippen LogP contribution in [0.2, 0.25) is 0 Å². The Bertz CT molecular complexity index is 462. The molecule has 4 rings (SSSR count). The molecule has 1 aliphatic heterocycles. The van der Waals surface area contributed by atoms with Crippen LogP contribution in [0.5, 0.6) is 0 Å². The van der Waals surface area contributed by atoms with Crippen LogP contribution in [0.1, 0.15) is 64.7 Å². The number of nitrogens with zero attached hydrogens (tertiary/aromatic N) is 2. The first-order valence-electron chi connectivity index (χ1n) is 9.25. The minimum absolute atomic E-state index is 0.0620. The van der Waals surface area contributed by atoms with Gasteiger partial charge in [0.1, 0.15) is 0 Å². The van der Waals surface area contributed by atoms with Crippen LogP contribution in [0.15, 0.2) is 0 Å². The number of likely N-dealkylation sites (tertiary alicyclic amines) is 1. The predicted octanol–water partition coefficient (Wildman–Crippen LogP) is 2.57. The van der Waals surface area contributed by atoms with Crippen LogP contribution in [-0.4, -0.2) is 46.3 Å². The smallest absolute Gasteiger partial charge is 0.228 e. The minimum Gasteiger partial charge on any atom is -0.339 e. The molecule has 0 aromatic rings.